The quantitative estimate of drug-likeness (QED) is 0.913. The molecule has 0 saturated heterocycles. The van der Waals surface area contributed by atoms with Crippen molar-refractivity contribution in [3.8, 4) is 5.75 Å². The van der Waals surface area contributed by atoms with Gasteiger partial charge in [0.1, 0.15) is 11.6 Å². The summed E-state index contributed by atoms with van der Waals surface area (Å²) in [6, 6.07) is 9.39. The number of anilines is 1. The lowest BCUT2D eigenvalue weighted by Crippen LogP contribution is -2.13. The topological polar surface area (TPSA) is 38.3 Å². The Morgan fingerprint density at radius 3 is 2.65 bits per heavy atom. The van der Waals surface area contributed by atoms with E-state index in [1.165, 1.54) is 25.3 Å². The maximum atomic E-state index is 13.6. The number of carbonyl (C=O) groups excluding carboxylic acids is 1. The lowest BCUT2D eigenvalue weighted by molar-refractivity contribution is 0.102. The molecular weight excluding hydrogens is 325 g/mol. The summed E-state index contributed by atoms with van der Waals surface area (Å²) >= 11 is 3.36. The van der Waals surface area contributed by atoms with Crippen molar-refractivity contribution < 1.29 is 13.9 Å². The maximum Gasteiger partial charge on any atom is 0.255 e. The predicted octanol–water partition coefficient (Wildman–Crippen LogP) is 4.16. The fourth-order valence-electron chi connectivity index (χ4n) is 1.66. The first-order valence-electron chi connectivity index (χ1n) is 5.92. The van der Waals surface area contributed by atoms with E-state index in [-0.39, 0.29) is 11.6 Å². The van der Waals surface area contributed by atoms with Crippen molar-refractivity contribution >= 4 is 27.5 Å². The molecule has 0 heterocycles. The number of hydrogen-bond donors (Lipinski definition) is 1. The van der Waals surface area contributed by atoms with Gasteiger partial charge in [0, 0.05) is 16.1 Å². The van der Waals surface area contributed by atoms with E-state index in [1.54, 1.807) is 12.1 Å². The van der Waals surface area contributed by atoms with E-state index in [2.05, 4.69) is 21.2 Å². The zero-order chi connectivity index (χ0) is 14.7. The summed E-state index contributed by atoms with van der Waals surface area (Å²) in [4.78, 5) is 12.1. The fourth-order valence-corrected chi connectivity index (χ4v) is 2.03. The van der Waals surface area contributed by atoms with Gasteiger partial charge in [-0.3, -0.25) is 4.79 Å². The predicted molar refractivity (Wildman–Crippen MR) is 79.8 cm³/mol. The molecular formula is C15H13BrFNO2. The molecule has 1 N–H and O–H groups in total. The Bertz CT molecular complexity index is 658. The number of aryl methyl sites for hydroxylation is 1. The number of rotatable bonds is 3. The van der Waals surface area contributed by atoms with Gasteiger partial charge < -0.3 is 10.1 Å². The highest BCUT2D eigenvalue weighted by atomic mass is 79.9. The molecule has 3 nitrogen and oxygen atoms in total. The van der Waals surface area contributed by atoms with Gasteiger partial charge in [-0.15, -0.1) is 0 Å². The molecule has 0 bridgehead atoms. The van der Waals surface area contributed by atoms with Crippen molar-refractivity contribution in [1.82, 2.24) is 0 Å². The number of halogens is 2. The van der Waals surface area contributed by atoms with E-state index >= 15 is 0 Å². The van der Waals surface area contributed by atoms with Crippen molar-refractivity contribution in [1.29, 1.82) is 0 Å². The number of carbonyl (C=O) groups is 1. The first-order chi connectivity index (χ1) is 9.51. The Morgan fingerprint density at radius 2 is 2.00 bits per heavy atom. The number of nitrogens with one attached hydrogen (secondary N) is 1. The van der Waals surface area contributed by atoms with Gasteiger partial charge in [-0.25, -0.2) is 4.39 Å². The molecule has 5 heteroatoms. The van der Waals surface area contributed by atoms with Crippen molar-refractivity contribution in [2.24, 2.45) is 0 Å². The van der Waals surface area contributed by atoms with Gasteiger partial charge >= 0.3 is 0 Å². The summed E-state index contributed by atoms with van der Waals surface area (Å²) in [5, 5.41) is 2.53. The van der Waals surface area contributed by atoms with E-state index in [4.69, 9.17) is 4.74 Å². The smallest absolute Gasteiger partial charge is 0.255 e. The summed E-state index contributed by atoms with van der Waals surface area (Å²) in [7, 11) is 1.48. The molecule has 0 aliphatic carbocycles. The molecule has 1 amide bonds. The molecule has 2 aromatic carbocycles. The van der Waals surface area contributed by atoms with Crippen LogP contribution in [0.4, 0.5) is 10.1 Å². The molecule has 0 atom stereocenters. The van der Waals surface area contributed by atoms with Gasteiger partial charge in [-0.05, 0) is 36.8 Å². The van der Waals surface area contributed by atoms with Crippen LogP contribution in [0.1, 0.15) is 15.9 Å². The summed E-state index contributed by atoms with van der Waals surface area (Å²) in [5.74, 6) is -0.407. The zero-order valence-electron chi connectivity index (χ0n) is 11.0. The minimum absolute atomic E-state index is 0.0889. The highest BCUT2D eigenvalue weighted by Crippen LogP contribution is 2.23. The van der Waals surface area contributed by atoms with Crippen LogP contribution in [0.5, 0.6) is 5.75 Å². The fraction of sp³-hybridized carbons (Fsp3) is 0.133. The molecule has 0 aliphatic heterocycles. The molecule has 0 radical (unpaired) electrons. The number of ether oxygens (including phenoxy) is 1. The number of benzene rings is 2. The van der Waals surface area contributed by atoms with Crippen LogP contribution in [0, 0.1) is 12.7 Å². The van der Waals surface area contributed by atoms with E-state index in [1.807, 2.05) is 13.0 Å². The van der Waals surface area contributed by atoms with Crippen LogP contribution in [0.15, 0.2) is 40.9 Å². The van der Waals surface area contributed by atoms with Gasteiger partial charge in [-0.1, -0.05) is 22.0 Å². The summed E-state index contributed by atoms with van der Waals surface area (Å²) < 4.78 is 19.5. The normalized spacial score (nSPS) is 10.2. The van der Waals surface area contributed by atoms with Crippen molar-refractivity contribution in [2.45, 2.75) is 6.92 Å². The minimum atomic E-state index is -0.509. The number of amides is 1. The Hall–Kier alpha value is -1.88. The average Bonchev–Trinajstić information content (AvgIpc) is 2.44. The average molecular weight is 338 g/mol. The van der Waals surface area contributed by atoms with Crippen molar-refractivity contribution in [3.05, 3.63) is 57.8 Å². The van der Waals surface area contributed by atoms with Crippen LogP contribution >= 0.6 is 15.9 Å². The van der Waals surface area contributed by atoms with E-state index in [0.29, 0.717) is 11.3 Å². The Labute approximate surface area is 124 Å². The molecule has 20 heavy (non-hydrogen) atoms. The molecule has 2 aromatic rings. The molecule has 0 aromatic heterocycles. The molecule has 0 unspecified atom stereocenters. The second-order valence-electron chi connectivity index (χ2n) is 4.26. The highest BCUT2D eigenvalue weighted by Gasteiger charge is 2.11. The monoisotopic (exact) mass is 337 g/mol. The van der Waals surface area contributed by atoms with Crippen LogP contribution in [-0.2, 0) is 0 Å². The lowest BCUT2D eigenvalue weighted by Gasteiger charge is -2.09. The molecule has 0 fully saturated rings. The lowest BCUT2D eigenvalue weighted by atomic mass is 10.1. The third-order valence-corrected chi connectivity index (χ3v) is 3.71. The maximum absolute atomic E-state index is 13.6. The second-order valence-corrected chi connectivity index (χ2v) is 5.12. The van der Waals surface area contributed by atoms with Crippen LogP contribution in [0.25, 0.3) is 0 Å². The Morgan fingerprint density at radius 1 is 1.25 bits per heavy atom. The minimum Gasteiger partial charge on any atom is -0.497 e. The second kappa shape index (κ2) is 6.05. The van der Waals surface area contributed by atoms with Gasteiger partial charge in [0.15, 0.2) is 0 Å². The van der Waals surface area contributed by atoms with Gasteiger partial charge in [0.05, 0.1) is 12.8 Å². The van der Waals surface area contributed by atoms with E-state index in [0.717, 1.165) is 10.0 Å². The molecule has 104 valence electrons. The van der Waals surface area contributed by atoms with E-state index in [9.17, 15) is 9.18 Å². The zero-order valence-corrected chi connectivity index (χ0v) is 12.6. The van der Waals surface area contributed by atoms with Crippen molar-refractivity contribution in [3.63, 3.8) is 0 Å². The van der Waals surface area contributed by atoms with Crippen LogP contribution in [0.3, 0.4) is 0 Å². The third kappa shape index (κ3) is 3.17. The molecule has 2 rings (SSSR count). The third-order valence-electron chi connectivity index (χ3n) is 2.86. The Kier molecular flexibility index (Phi) is 4.39. The van der Waals surface area contributed by atoms with Crippen LogP contribution < -0.4 is 10.1 Å². The van der Waals surface area contributed by atoms with Crippen molar-refractivity contribution in [2.75, 3.05) is 12.4 Å². The summed E-state index contributed by atoms with van der Waals surface area (Å²) in [6.07, 6.45) is 0. The van der Waals surface area contributed by atoms with E-state index < -0.39 is 5.82 Å². The highest BCUT2D eigenvalue weighted by molar-refractivity contribution is 9.10. The summed E-state index contributed by atoms with van der Waals surface area (Å²) in [6.45, 7) is 1.92. The van der Waals surface area contributed by atoms with Gasteiger partial charge in [0.2, 0.25) is 0 Å². The molecule has 0 saturated carbocycles. The summed E-state index contributed by atoms with van der Waals surface area (Å²) in [5.41, 5.74) is 1.56. The molecule has 0 spiro atoms. The molecule has 0 aliphatic rings. The van der Waals surface area contributed by atoms with Crippen LogP contribution in [0.2, 0.25) is 0 Å². The van der Waals surface area contributed by atoms with Crippen LogP contribution in [-0.4, -0.2) is 13.0 Å². The Balaban J connectivity index is 2.25. The first kappa shape index (κ1) is 14.5. The van der Waals surface area contributed by atoms with Gasteiger partial charge in [0.25, 0.3) is 5.91 Å². The number of methoxy groups -OCH3 is 1. The SMILES string of the molecule is COc1ccc(F)c(NC(=O)c2ccc(C)c(Br)c2)c1. The van der Waals surface area contributed by atoms with Gasteiger partial charge in [-0.2, -0.15) is 0 Å². The standard InChI is InChI=1S/C15H13BrFNO2/c1-9-3-4-10(7-12(9)16)15(19)18-14-8-11(20-2)5-6-13(14)17/h3-8H,1-2H3,(H,18,19). The largest absolute Gasteiger partial charge is 0.497 e. The first-order valence-corrected chi connectivity index (χ1v) is 6.71. The number of hydrogen-bond acceptors (Lipinski definition) is 2.